The van der Waals surface area contributed by atoms with E-state index in [1.54, 1.807) is 0 Å². The van der Waals surface area contributed by atoms with E-state index >= 15 is 0 Å². The maximum Gasteiger partial charge on any atom is 0.573 e. The average molecular weight is 475 g/mol. The lowest BCUT2D eigenvalue weighted by molar-refractivity contribution is -0.274. The van der Waals surface area contributed by atoms with Gasteiger partial charge in [-0.25, -0.2) is 0 Å². The van der Waals surface area contributed by atoms with E-state index in [9.17, 15) is 13.2 Å². The molecule has 180 valence electrons. The van der Waals surface area contributed by atoms with Crippen molar-refractivity contribution in [3.8, 4) is 17.6 Å². The molecule has 35 heavy (non-hydrogen) atoms. The van der Waals surface area contributed by atoms with Crippen LogP contribution in [0.5, 0.6) is 5.75 Å². The van der Waals surface area contributed by atoms with Gasteiger partial charge in [-0.1, -0.05) is 54.3 Å². The van der Waals surface area contributed by atoms with Crippen molar-refractivity contribution in [2.75, 3.05) is 0 Å². The SMILES string of the molecule is C=CCCc1ccc([C@H]2CC[C@H](c3ccc(C#Cc4ccc(OC(F)(F)F)cc4)cc3)CC2)cc1. The number of halogens is 3. The molecule has 3 aromatic rings. The smallest absolute Gasteiger partial charge is 0.406 e. The Balaban J connectivity index is 1.30. The van der Waals surface area contributed by atoms with Crippen LogP contribution in [0.3, 0.4) is 0 Å². The van der Waals surface area contributed by atoms with E-state index in [0.717, 1.165) is 18.4 Å². The lowest BCUT2D eigenvalue weighted by atomic mass is 9.76. The number of hydrogen-bond acceptors (Lipinski definition) is 1. The van der Waals surface area contributed by atoms with Gasteiger partial charge in [0, 0.05) is 11.1 Å². The fourth-order valence-corrected chi connectivity index (χ4v) is 4.71. The molecular formula is C31H29F3O. The predicted molar refractivity (Wildman–Crippen MR) is 134 cm³/mol. The fraction of sp³-hybridized carbons (Fsp3) is 0.290. The Labute approximate surface area is 205 Å². The van der Waals surface area contributed by atoms with Crippen LogP contribution in [0.25, 0.3) is 0 Å². The molecule has 0 unspecified atom stereocenters. The van der Waals surface area contributed by atoms with Gasteiger partial charge in [-0.05, 0) is 103 Å². The summed E-state index contributed by atoms with van der Waals surface area (Å²) in [7, 11) is 0. The minimum Gasteiger partial charge on any atom is -0.406 e. The van der Waals surface area contributed by atoms with Gasteiger partial charge in [-0.15, -0.1) is 19.8 Å². The molecule has 4 heteroatoms. The Morgan fingerprint density at radius 1 is 0.743 bits per heavy atom. The standard InChI is InChI=1S/C31H29F3O/c1-2-3-4-23-7-13-26(14-8-23)28-17-19-29(20-18-28)27-15-9-24(10-16-27)5-6-25-11-21-30(22-12-25)35-31(32,33)34/h2,7-16,21-22,28-29H,1,3-4,17-20H2/t28-,29-. The van der Waals surface area contributed by atoms with Gasteiger partial charge >= 0.3 is 6.36 Å². The summed E-state index contributed by atoms with van der Waals surface area (Å²) >= 11 is 0. The van der Waals surface area contributed by atoms with Crippen LogP contribution in [0.15, 0.2) is 85.5 Å². The third-order valence-electron chi connectivity index (χ3n) is 6.64. The molecule has 3 aromatic carbocycles. The third kappa shape index (κ3) is 7.26. The number of ether oxygens (including phenoxy) is 1. The average Bonchev–Trinajstić information content (AvgIpc) is 2.87. The van der Waals surface area contributed by atoms with Crippen LogP contribution in [-0.2, 0) is 6.42 Å². The Kier molecular flexibility index (Phi) is 7.98. The monoisotopic (exact) mass is 474 g/mol. The highest BCUT2D eigenvalue weighted by molar-refractivity contribution is 5.45. The second kappa shape index (κ2) is 11.3. The van der Waals surface area contributed by atoms with Crippen molar-refractivity contribution in [3.63, 3.8) is 0 Å². The summed E-state index contributed by atoms with van der Waals surface area (Å²) in [5, 5.41) is 0. The van der Waals surface area contributed by atoms with Crippen molar-refractivity contribution < 1.29 is 17.9 Å². The van der Waals surface area contributed by atoms with Crippen LogP contribution in [0, 0.1) is 11.8 Å². The molecule has 0 N–H and O–H groups in total. The third-order valence-corrected chi connectivity index (χ3v) is 6.64. The fourth-order valence-electron chi connectivity index (χ4n) is 4.71. The minimum absolute atomic E-state index is 0.248. The Morgan fingerprint density at radius 3 is 1.66 bits per heavy atom. The van der Waals surface area contributed by atoms with Crippen LogP contribution in [0.4, 0.5) is 13.2 Å². The molecule has 0 heterocycles. The van der Waals surface area contributed by atoms with Crippen LogP contribution in [-0.4, -0.2) is 6.36 Å². The summed E-state index contributed by atoms with van der Waals surface area (Å²) in [6, 6.07) is 23.1. The molecule has 0 spiro atoms. The molecule has 0 saturated heterocycles. The summed E-state index contributed by atoms with van der Waals surface area (Å²) in [5.74, 6) is 7.04. The van der Waals surface area contributed by atoms with Gasteiger partial charge in [-0.3, -0.25) is 0 Å². The van der Waals surface area contributed by atoms with Crippen LogP contribution < -0.4 is 4.74 Å². The van der Waals surface area contributed by atoms with Crippen LogP contribution in [0.2, 0.25) is 0 Å². The molecule has 0 amide bonds. The van der Waals surface area contributed by atoms with E-state index in [2.05, 4.69) is 59.6 Å². The van der Waals surface area contributed by atoms with Gasteiger partial charge in [0.15, 0.2) is 0 Å². The summed E-state index contributed by atoms with van der Waals surface area (Å²) in [6.07, 6.45) is 4.11. The first-order valence-electron chi connectivity index (χ1n) is 12.1. The van der Waals surface area contributed by atoms with Crippen molar-refractivity contribution >= 4 is 0 Å². The van der Waals surface area contributed by atoms with E-state index < -0.39 is 6.36 Å². The van der Waals surface area contributed by atoms with Gasteiger partial charge < -0.3 is 4.74 Å². The summed E-state index contributed by atoms with van der Waals surface area (Å²) in [5.41, 5.74) is 5.69. The summed E-state index contributed by atoms with van der Waals surface area (Å²) < 4.78 is 40.7. The molecular weight excluding hydrogens is 445 g/mol. The molecule has 0 aliphatic heterocycles. The lowest BCUT2D eigenvalue weighted by Gasteiger charge is -2.29. The first-order chi connectivity index (χ1) is 16.9. The van der Waals surface area contributed by atoms with Crippen molar-refractivity contribution in [2.24, 2.45) is 0 Å². The number of benzene rings is 3. The molecule has 1 nitrogen and oxygen atoms in total. The van der Waals surface area contributed by atoms with Crippen molar-refractivity contribution in [1.82, 2.24) is 0 Å². The molecule has 0 aromatic heterocycles. The quantitative estimate of drug-likeness (QED) is 0.257. The number of hydrogen-bond donors (Lipinski definition) is 0. The molecule has 1 aliphatic carbocycles. The van der Waals surface area contributed by atoms with Crippen molar-refractivity contribution in [2.45, 2.75) is 56.7 Å². The zero-order valence-electron chi connectivity index (χ0n) is 19.7. The molecule has 1 aliphatic rings. The maximum absolute atomic E-state index is 12.3. The molecule has 0 radical (unpaired) electrons. The van der Waals surface area contributed by atoms with Gasteiger partial charge in [0.1, 0.15) is 5.75 Å². The summed E-state index contributed by atoms with van der Waals surface area (Å²) in [4.78, 5) is 0. The van der Waals surface area contributed by atoms with E-state index in [4.69, 9.17) is 0 Å². The van der Waals surface area contributed by atoms with E-state index in [0.29, 0.717) is 17.4 Å². The summed E-state index contributed by atoms with van der Waals surface area (Å²) in [6.45, 7) is 3.80. The van der Waals surface area contributed by atoms with Crippen LogP contribution >= 0.6 is 0 Å². The molecule has 1 fully saturated rings. The topological polar surface area (TPSA) is 9.23 Å². The van der Waals surface area contributed by atoms with Crippen LogP contribution in [0.1, 0.15) is 71.8 Å². The van der Waals surface area contributed by atoms with E-state index in [1.165, 1.54) is 66.6 Å². The Bertz CT molecular complexity index is 1160. The van der Waals surface area contributed by atoms with Gasteiger partial charge in [-0.2, -0.15) is 0 Å². The highest BCUT2D eigenvalue weighted by atomic mass is 19.4. The largest absolute Gasteiger partial charge is 0.573 e. The second-order valence-corrected chi connectivity index (χ2v) is 9.06. The lowest BCUT2D eigenvalue weighted by Crippen LogP contribution is -2.16. The first-order valence-corrected chi connectivity index (χ1v) is 12.1. The van der Waals surface area contributed by atoms with Gasteiger partial charge in [0.2, 0.25) is 0 Å². The maximum atomic E-state index is 12.3. The normalized spacial score (nSPS) is 17.8. The van der Waals surface area contributed by atoms with E-state index in [-0.39, 0.29) is 5.75 Å². The van der Waals surface area contributed by atoms with E-state index in [1.807, 2.05) is 18.2 Å². The highest BCUT2D eigenvalue weighted by Gasteiger charge is 2.31. The second-order valence-electron chi connectivity index (χ2n) is 9.06. The number of aryl methyl sites for hydroxylation is 1. The Morgan fingerprint density at radius 2 is 1.20 bits per heavy atom. The first kappa shape index (κ1) is 24.7. The predicted octanol–water partition coefficient (Wildman–Crippen LogP) is 8.55. The molecule has 1 saturated carbocycles. The molecule has 4 rings (SSSR count). The Hall–Kier alpha value is -3.45. The molecule has 0 bridgehead atoms. The zero-order chi connectivity index (χ0) is 24.7. The van der Waals surface area contributed by atoms with Gasteiger partial charge in [0.25, 0.3) is 0 Å². The van der Waals surface area contributed by atoms with Crippen molar-refractivity contribution in [1.29, 1.82) is 0 Å². The number of alkyl halides is 3. The zero-order valence-corrected chi connectivity index (χ0v) is 19.7. The van der Waals surface area contributed by atoms with Gasteiger partial charge in [0.05, 0.1) is 0 Å². The minimum atomic E-state index is -4.69. The molecule has 0 atom stereocenters. The van der Waals surface area contributed by atoms with Crippen molar-refractivity contribution in [3.05, 3.63) is 113 Å². The highest BCUT2D eigenvalue weighted by Crippen LogP contribution is 2.40. The number of allylic oxidation sites excluding steroid dienone is 1. The number of rotatable bonds is 6.